The van der Waals surface area contributed by atoms with Crippen LogP contribution in [0.2, 0.25) is 0 Å². The van der Waals surface area contributed by atoms with Gasteiger partial charge in [0.2, 0.25) is 0 Å². The number of benzene rings is 2. The van der Waals surface area contributed by atoms with Gasteiger partial charge >= 0.3 is 0 Å². The smallest absolute Gasteiger partial charge is 0.191 e. The molecule has 1 unspecified atom stereocenters. The molecule has 2 N–H and O–H groups in total. The maximum atomic E-state index is 6.22. The van der Waals surface area contributed by atoms with Gasteiger partial charge in [-0.25, -0.2) is 9.67 Å². The first kappa shape index (κ1) is 25.0. The molecule has 2 heterocycles. The fourth-order valence-corrected chi connectivity index (χ4v) is 3.57. The summed E-state index contributed by atoms with van der Waals surface area (Å²) in [5.41, 5.74) is 4.46. The van der Waals surface area contributed by atoms with E-state index in [1.807, 2.05) is 16.9 Å². The first-order chi connectivity index (χ1) is 15.7. The van der Waals surface area contributed by atoms with Crippen molar-refractivity contribution in [1.82, 2.24) is 20.4 Å². The number of nitrogens with zero attached hydrogens (tertiary/aromatic N) is 3. The molecule has 33 heavy (non-hydrogen) atoms. The van der Waals surface area contributed by atoms with Crippen molar-refractivity contribution in [1.29, 1.82) is 0 Å². The summed E-state index contributed by atoms with van der Waals surface area (Å²) in [6.45, 7) is 7.59. The van der Waals surface area contributed by atoms with Crippen LogP contribution in [0.3, 0.4) is 0 Å². The zero-order valence-electron chi connectivity index (χ0n) is 19.2. The van der Waals surface area contributed by atoms with Crippen LogP contribution in [0.5, 0.6) is 5.75 Å². The number of aryl methyl sites for hydroxylation is 1. The predicted molar refractivity (Wildman–Crippen MR) is 142 cm³/mol. The molecule has 1 aliphatic rings. The molecule has 1 aromatic heterocycles. The highest BCUT2D eigenvalue weighted by atomic mass is 127. The number of aliphatic imine (C=N–C) groups is 1. The van der Waals surface area contributed by atoms with Crippen LogP contribution in [0.25, 0.3) is 5.69 Å². The van der Waals surface area contributed by atoms with Gasteiger partial charge in [-0.05, 0) is 49.2 Å². The lowest BCUT2D eigenvalue weighted by Crippen LogP contribution is -2.37. The van der Waals surface area contributed by atoms with E-state index >= 15 is 0 Å². The van der Waals surface area contributed by atoms with Crippen molar-refractivity contribution >= 4 is 29.9 Å². The number of ether oxygens (including phenoxy) is 2. The Bertz CT molecular complexity index is 1020. The van der Waals surface area contributed by atoms with Crippen LogP contribution in [0, 0.1) is 6.92 Å². The Kier molecular flexibility index (Phi) is 9.56. The molecule has 7 nitrogen and oxygen atoms in total. The Morgan fingerprint density at radius 3 is 2.76 bits per heavy atom. The highest BCUT2D eigenvalue weighted by molar-refractivity contribution is 14.0. The van der Waals surface area contributed by atoms with Gasteiger partial charge in [-0.3, -0.25) is 0 Å². The summed E-state index contributed by atoms with van der Waals surface area (Å²) in [5.74, 6) is 1.69. The Balaban J connectivity index is 0.00000306. The minimum atomic E-state index is 0. The summed E-state index contributed by atoms with van der Waals surface area (Å²) in [6, 6.07) is 16.5. The fraction of sp³-hybridized carbons (Fsp3) is 0.360. The van der Waals surface area contributed by atoms with E-state index in [0.717, 1.165) is 48.1 Å². The van der Waals surface area contributed by atoms with Crippen LogP contribution in [0.4, 0.5) is 0 Å². The van der Waals surface area contributed by atoms with Crippen LogP contribution in [-0.4, -0.2) is 41.6 Å². The first-order valence-corrected chi connectivity index (χ1v) is 11.2. The van der Waals surface area contributed by atoms with Crippen molar-refractivity contribution in [2.75, 3.05) is 19.8 Å². The Morgan fingerprint density at radius 1 is 1.21 bits per heavy atom. The molecule has 0 bridgehead atoms. The fourth-order valence-electron chi connectivity index (χ4n) is 3.57. The molecule has 0 spiro atoms. The molecule has 4 rings (SSSR count). The SMILES string of the molecule is CCNC(=NCc1ccc(-n2cccn2)cc1)NCc1ccc(C)cc1OC1CCOC1.I. The molecule has 0 amide bonds. The average molecular weight is 561 g/mol. The molecule has 1 fully saturated rings. The molecule has 176 valence electrons. The standard InChI is InChI=1S/C25H31N5O2.HI/c1-3-26-25(27-16-20-6-9-22(10-7-20)30-13-4-12-29-30)28-17-21-8-5-19(2)15-24(21)32-23-11-14-31-18-23;/h4-10,12-13,15,23H,3,11,14,16-18H2,1-2H3,(H2,26,27,28);1H. The van der Waals surface area contributed by atoms with Crippen LogP contribution < -0.4 is 15.4 Å². The minimum Gasteiger partial charge on any atom is -0.488 e. The van der Waals surface area contributed by atoms with Gasteiger partial charge in [0.1, 0.15) is 11.9 Å². The molecular weight excluding hydrogens is 529 g/mol. The Morgan fingerprint density at radius 2 is 2.06 bits per heavy atom. The van der Waals surface area contributed by atoms with Gasteiger partial charge in [-0.15, -0.1) is 24.0 Å². The summed E-state index contributed by atoms with van der Waals surface area (Å²) in [7, 11) is 0. The number of nitrogens with one attached hydrogen (secondary N) is 2. The second-order valence-corrected chi connectivity index (χ2v) is 7.88. The average Bonchev–Trinajstić information content (AvgIpc) is 3.52. The van der Waals surface area contributed by atoms with Gasteiger partial charge in [0.05, 0.1) is 25.4 Å². The van der Waals surface area contributed by atoms with E-state index in [-0.39, 0.29) is 30.1 Å². The van der Waals surface area contributed by atoms with Crippen molar-refractivity contribution < 1.29 is 9.47 Å². The molecule has 0 saturated carbocycles. The van der Waals surface area contributed by atoms with E-state index in [2.05, 4.69) is 72.0 Å². The Labute approximate surface area is 212 Å². The monoisotopic (exact) mass is 561 g/mol. The molecule has 3 aromatic rings. The zero-order valence-corrected chi connectivity index (χ0v) is 21.5. The number of guanidine groups is 1. The van der Waals surface area contributed by atoms with Gasteiger partial charge in [0.25, 0.3) is 0 Å². The third kappa shape index (κ3) is 7.20. The van der Waals surface area contributed by atoms with Gasteiger partial charge < -0.3 is 20.1 Å². The highest BCUT2D eigenvalue weighted by Crippen LogP contribution is 2.23. The molecule has 0 radical (unpaired) electrons. The molecule has 2 aromatic carbocycles. The third-order valence-electron chi connectivity index (χ3n) is 5.32. The van der Waals surface area contributed by atoms with E-state index < -0.39 is 0 Å². The largest absolute Gasteiger partial charge is 0.488 e. The van der Waals surface area contributed by atoms with E-state index in [1.165, 1.54) is 5.56 Å². The number of rotatable bonds is 8. The van der Waals surface area contributed by atoms with Gasteiger partial charge in [0, 0.05) is 37.5 Å². The molecule has 1 saturated heterocycles. The lowest BCUT2D eigenvalue weighted by molar-refractivity contribution is 0.140. The van der Waals surface area contributed by atoms with Crippen molar-refractivity contribution in [3.05, 3.63) is 77.6 Å². The van der Waals surface area contributed by atoms with E-state index in [0.29, 0.717) is 19.7 Å². The first-order valence-electron chi connectivity index (χ1n) is 11.2. The van der Waals surface area contributed by atoms with Crippen LogP contribution in [0.1, 0.15) is 30.0 Å². The molecule has 1 atom stereocenters. The molecule has 1 aliphatic heterocycles. The minimum absolute atomic E-state index is 0. The molecule has 0 aliphatic carbocycles. The summed E-state index contributed by atoms with van der Waals surface area (Å²) >= 11 is 0. The number of halogens is 1. The van der Waals surface area contributed by atoms with Crippen molar-refractivity contribution in [2.24, 2.45) is 4.99 Å². The van der Waals surface area contributed by atoms with Gasteiger partial charge in [-0.2, -0.15) is 5.10 Å². The van der Waals surface area contributed by atoms with Crippen molar-refractivity contribution in [3.8, 4) is 11.4 Å². The van der Waals surface area contributed by atoms with Gasteiger partial charge in [-0.1, -0.05) is 24.3 Å². The molecular formula is C25H32IN5O2. The molecule has 8 heteroatoms. The maximum Gasteiger partial charge on any atom is 0.191 e. The third-order valence-corrected chi connectivity index (χ3v) is 5.32. The van der Waals surface area contributed by atoms with Gasteiger partial charge in [0.15, 0.2) is 5.96 Å². The zero-order chi connectivity index (χ0) is 22.2. The number of hydrogen-bond donors (Lipinski definition) is 2. The number of aromatic nitrogens is 2. The topological polar surface area (TPSA) is 72.7 Å². The maximum absolute atomic E-state index is 6.22. The number of hydrogen-bond acceptors (Lipinski definition) is 4. The summed E-state index contributed by atoms with van der Waals surface area (Å²) in [4.78, 5) is 4.75. The predicted octanol–water partition coefficient (Wildman–Crippen LogP) is 4.22. The summed E-state index contributed by atoms with van der Waals surface area (Å²) < 4.78 is 13.5. The van der Waals surface area contributed by atoms with Crippen molar-refractivity contribution in [3.63, 3.8) is 0 Å². The summed E-state index contributed by atoms with van der Waals surface area (Å²) in [6.07, 6.45) is 4.77. The van der Waals surface area contributed by atoms with Crippen LogP contribution in [0.15, 0.2) is 65.9 Å². The quantitative estimate of drug-likeness (QED) is 0.245. The normalized spacial score (nSPS) is 15.7. The Hall–Kier alpha value is -2.59. The second kappa shape index (κ2) is 12.6. The van der Waals surface area contributed by atoms with E-state index in [9.17, 15) is 0 Å². The summed E-state index contributed by atoms with van der Waals surface area (Å²) in [5, 5.41) is 11.0. The van der Waals surface area contributed by atoms with Crippen LogP contribution in [-0.2, 0) is 17.8 Å². The van der Waals surface area contributed by atoms with E-state index in [1.54, 1.807) is 6.20 Å². The van der Waals surface area contributed by atoms with Crippen molar-refractivity contribution in [2.45, 2.75) is 39.5 Å². The second-order valence-electron chi connectivity index (χ2n) is 7.88. The highest BCUT2D eigenvalue weighted by Gasteiger charge is 2.18. The van der Waals surface area contributed by atoms with Crippen LogP contribution >= 0.6 is 24.0 Å². The lowest BCUT2D eigenvalue weighted by atomic mass is 10.1. The lowest BCUT2D eigenvalue weighted by Gasteiger charge is -2.18. The van der Waals surface area contributed by atoms with E-state index in [4.69, 9.17) is 14.5 Å².